The van der Waals surface area contributed by atoms with E-state index in [4.69, 9.17) is 9.47 Å². The van der Waals surface area contributed by atoms with Gasteiger partial charge in [0.2, 0.25) is 0 Å². The number of carbonyl (C=O) groups is 2. The Morgan fingerprint density at radius 2 is 1.48 bits per heavy atom. The van der Waals surface area contributed by atoms with Gasteiger partial charge in [-0.2, -0.15) is 0 Å². The average Bonchev–Trinajstić information content (AvgIpc) is 2.25. The third-order valence-electron chi connectivity index (χ3n) is 2.37. The number of aliphatic hydroxyl groups excluding tert-OH is 1. The summed E-state index contributed by atoms with van der Waals surface area (Å²) < 4.78 is 9.91. The maximum Gasteiger partial charge on any atom is 0.336 e. The molecule has 0 saturated carbocycles. The Kier molecular flexibility index (Phi) is 7.32. The molecule has 0 aromatic rings. The first-order valence-corrected chi connectivity index (χ1v) is 6.56. The highest BCUT2D eigenvalue weighted by molar-refractivity contribution is 5.88. The van der Waals surface area contributed by atoms with Crippen LogP contribution in [0.2, 0.25) is 0 Å². The number of hydrogen-bond donors (Lipinski definition) is 2. The van der Waals surface area contributed by atoms with Crippen molar-refractivity contribution in [2.24, 2.45) is 0 Å². The smallest absolute Gasteiger partial charge is 0.336 e. The van der Waals surface area contributed by atoms with Gasteiger partial charge in [0, 0.05) is 24.0 Å². The van der Waals surface area contributed by atoms with Crippen LogP contribution >= 0.6 is 0 Å². The van der Waals surface area contributed by atoms with Crippen LogP contribution in [-0.2, 0) is 19.1 Å². The van der Waals surface area contributed by atoms with Crippen molar-refractivity contribution in [1.82, 2.24) is 0 Å². The second-order valence-corrected chi connectivity index (χ2v) is 5.71. The minimum absolute atomic E-state index is 0.0404. The van der Waals surface area contributed by atoms with Gasteiger partial charge >= 0.3 is 11.9 Å². The number of aliphatic hydroxyl groups is 2. The highest BCUT2D eigenvalue weighted by Gasteiger charge is 2.26. The van der Waals surface area contributed by atoms with Gasteiger partial charge in [0.25, 0.3) is 6.29 Å². The molecule has 0 aliphatic carbocycles. The summed E-state index contributed by atoms with van der Waals surface area (Å²) in [6.07, 6.45) is -2.39. The van der Waals surface area contributed by atoms with E-state index in [1.54, 1.807) is 0 Å². The molecule has 21 heavy (non-hydrogen) atoms. The van der Waals surface area contributed by atoms with Crippen molar-refractivity contribution in [3.05, 3.63) is 24.3 Å². The molecule has 0 amide bonds. The number of hydrogen-bond acceptors (Lipinski definition) is 6. The van der Waals surface area contributed by atoms with Crippen LogP contribution in [0.3, 0.4) is 0 Å². The zero-order valence-corrected chi connectivity index (χ0v) is 13.0. The number of esters is 2. The van der Waals surface area contributed by atoms with Crippen molar-refractivity contribution in [2.75, 3.05) is 0 Å². The number of carbonyl (C=O) groups excluding carboxylic acids is 2. The zero-order valence-electron chi connectivity index (χ0n) is 13.0. The van der Waals surface area contributed by atoms with E-state index in [0.717, 1.165) is 0 Å². The van der Waals surface area contributed by atoms with Crippen LogP contribution in [0.4, 0.5) is 0 Å². The summed E-state index contributed by atoms with van der Waals surface area (Å²) in [7, 11) is 0. The Morgan fingerprint density at radius 3 is 1.76 bits per heavy atom. The summed E-state index contributed by atoms with van der Waals surface area (Å²) in [5, 5.41) is 19.5. The lowest BCUT2D eigenvalue weighted by Crippen LogP contribution is -2.33. The summed E-state index contributed by atoms with van der Waals surface area (Å²) in [6.45, 7) is 12.8. The largest absolute Gasteiger partial charge is 0.422 e. The number of rotatable bonds is 8. The Bertz CT molecular complexity index is 390. The van der Waals surface area contributed by atoms with Gasteiger partial charge < -0.3 is 19.7 Å². The fraction of sp³-hybridized carbons (Fsp3) is 0.600. The molecule has 0 radical (unpaired) electrons. The zero-order chi connectivity index (χ0) is 16.8. The molecule has 0 aromatic heterocycles. The molecule has 0 rings (SSSR count). The molecule has 1 atom stereocenters. The van der Waals surface area contributed by atoms with Gasteiger partial charge in [-0.25, -0.2) is 9.59 Å². The summed E-state index contributed by atoms with van der Waals surface area (Å²) in [5.74, 6) is -1.46. The van der Waals surface area contributed by atoms with Crippen molar-refractivity contribution in [1.29, 1.82) is 0 Å². The molecule has 0 spiro atoms. The molecule has 0 fully saturated rings. The van der Waals surface area contributed by atoms with Crippen molar-refractivity contribution in [3.63, 3.8) is 0 Å². The van der Waals surface area contributed by atoms with Crippen molar-refractivity contribution in [2.45, 2.75) is 58.5 Å². The van der Waals surface area contributed by atoms with Gasteiger partial charge in [-0.15, -0.1) is 0 Å². The number of ether oxygens (including phenoxy) is 2. The van der Waals surface area contributed by atoms with E-state index in [0.29, 0.717) is 0 Å². The first kappa shape index (κ1) is 19.3. The second-order valence-electron chi connectivity index (χ2n) is 5.71. The molecule has 120 valence electrons. The van der Waals surface area contributed by atoms with E-state index < -0.39 is 29.9 Å². The van der Waals surface area contributed by atoms with E-state index >= 15 is 0 Å². The standard InChI is InChI=1S/C15H24O6/c1-9(2)13(17)20-12(21-14(18)10(3)4)7-11(16)8-15(5,6)19/h11-12,16,19H,1,3,7-8H2,2,4-6H3. The summed E-state index contributed by atoms with van der Waals surface area (Å²) in [4.78, 5) is 23.0. The summed E-state index contributed by atoms with van der Waals surface area (Å²) >= 11 is 0. The molecule has 1 unspecified atom stereocenters. The molecule has 0 saturated heterocycles. The molecular weight excluding hydrogens is 276 g/mol. The third kappa shape index (κ3) is 8.99. The molecule has 6 heteroatoms. The SMILES string of the molecule is C=C(C)C(=O)OC(CC(O)CC(C)(C)O)OC(=O)C(=C)C. The normalized spacial score (nSPS) is 12.7. The minimum Gasteiger partial charge on any atom is -0.422 e. The maximum atomic E-state index is 11.5. The Morgan fingerprint density at radius 1 is 1.10 bits per heavy atom. The molecule has 0 aliphatic rings. The predicted molar refractivity (Wildman–Crippen MR) is 77.1 cm³/mol. The summed E-state index contributed by atoms with van der Waals surface area (Å²) in [6, 6.07) is 0. The van der Waals surface area contributed by atoms with Gasteiger partial charge in [0.05, 0.1) is 11.7 Å². The first-order valence-electron chi connectivity index (χ1n) is 6.56. The molecule has 6 nitrogen and oxygen atoms in total. The molecule has 0 aliphatic heterocycles. The molecular formula is C15H24O6. The minimum atomic E-state index is -1.27. The van der Waals surface area contributed by atoms with Gasteiger partial charge in [0.1, 0.15) is 0 Å². The fourth-order valence-electron chi connectivity index (χ4n) is 1.44. The van der Waals surface area contributed by atoms with E-state index in [1.165, 1.54) is 27.7 Å². The first-order chi connectivity index (χ1) is 9.42. The van der Waals surface area contributed by atoms with Crippen LogP contribution in [0.1, 0.15) is 40.5 Å². The van der Waals surface area contributed by atoms with Gasteiger partial charge in [-0.1, -0.05) is 13.2 Å². The second kappa shape index (κ2) is 7.95. The van der Waals surface area contributed by atoms with Gasteiger partial charge in [-0.05, 0) is 27.7 Å². The lowest BCUT2D eigenvalue weighted by atomic mass is 9.99. The van der Waals surface area contributed by atoms with Crippen LogP contribution in [0, 0.1) is 0 Å². The average molecular weight is 300 g/mol. The van der Waals surface area contributed by atoms with E-state index in [1.807, 2.05) is 0 Å². The van der Waals surface area contributed by atoms with Gasteiger partial charge in [-0.3, -0.25) is 0 Å². The fourth-order valence-corrected chi connectivity index (χ4v) is 1.44. The predicted octanol–water partition coefficient (Wildman–Crippen LogP) is 1.46. The van der Waals surface area contributed by atoms with Crippen molar-refractivity contribution in [3.8, 4) is 0 Å². The lowest BCUT2D eigenvalue weighted by Gasteiger charge is -2.25. The van der Waals surface area contributed by atoms with Crippen molar-refractivity contribution < 1.29 is 29.3 Å². The Balaban J connectivity index is 4.79. The van der Waals surface area contributed by atoms with Crippen LogP contribution in [0.25, 0.3) is 0 Å². The van der Waals surface area contributed by atoms with Crippen LogP contribution < -0.4 is 0 Å². The highest BCUT2D eigenvalue weighted by Crippen LogP contribution is 2.17. The molecule has 0 bridgehead atoms. The molecule has 0 heterocycles. The molecule has 0 aromatic carbocycles. The maximum absolute atomic E-state index is 11.5. The lowest BCUT2D eigenvalue weighted by molar-refractivity contribution is -0.187. The summed E-state index contributed by atoms with van der Waals surface area (Å²) in [5.41, 5.74) is -0.813. The van der Waals surface area contributed by atoms with Crippen LogP contribution in [0.15, 0.2) is 24.3 Å². The highest BCUT2D eigenvalue weighted by atomic mass is 16.7. The van der Waals surface area contributed by atoms with Crippen LogP contribution in [0.5, 0.6) is 0 Å². The topological polar surface area (TPSA) is 93.1 Å². The Hall–Kier alpha value is -1.66. The van der Waals surface area contributed by atoms with E-state index in [9.17, 15) is 19.8 Å². The van der Waals surface area contributed by atoms with Crippen molar-refractivity contribution >= 4 is 11.9 Å². The monoisotopic (exact) mass is 300 g/mol. The van der Waals surface area contributed by atoms with E-state index in [-0.39, 0.29) is 24.0 Å². The molecule has 2 N–H and O–H groups in total. The van der Waals surface area contributed by atoms with Gasteiger partial charge in [0.15, 0.2) is 0 Å². The van der Waals surface area contributed by atoms with Crippen LogP contribution in [-0.4, -0.2) is 40.1 Å². The van der Waals surface area contributed by atoms with E-state index in [2.05, 4.69) is 13.2 Å². The third-order valence-corrected chi connectivity index (χ3v) is 2.37. The quantitative estimate of drug-likeness (QED) is 0.400. The Labute approximate surface area is 125 Å².